The summed E-state index contributed by atoms with van der Waals surface area (Å²) in [5.74, 6) is 0. The highest BCUT2D eigenvalue weighted by atomic mass is 16.7. The topological polar surface area (TPSA) is 30.9 Å². The molecule has 74 valence electrons. The molecule has 2 atom stereocenters. The molecule has 3 aliphatic heterocycles. The molecular formula is C8H16BNO3. The third-order valence-corrected chi connectivity index (χ3v) is 2.38. The molecule has 0 aliphatic carbocycles. The molecule has 0 radical (unpaired) electrons. The van der Waals surface area contributed by atoms with Gasteiger partial charge in [-0.1, -0.05) is 0 Å². The summed E-state index contributed by atoms with van der Waals surface area (Å²) in [5, 5.41) is 0. The summed E-state index contributed by atoms with van der Waals surface area (Å²) >= 11 is 0. The van der Waals surface area contributed by atoms with E-state index in [-0.39, 0.29) is 12.2 Å². The predicted molar refractivity (Wildman–Crippen MR) is 49.2 cm³/mol. The van der Waals surface area contributed by atoms with Gasteiger partial charge in [-0.3, -0.25) is 4.90 Å². The fourth-order valence-corrected chi connectivity index (χ4v) is 1.84. The lowest BCUT2D eigenvalue weighted by Crippen LogP contribution is -2.51. The van der Waals surface area contributed by atoms with Crippen LogP contribution in [0, 0.1) is 0 Å². The van der Waals surface area contributed by atoms with Gasteiger partial charge >= 0.3 is 7.32 Å². The normalized spacial score (nSPS) is 41.1. The van der Waals surface area contributed by atoms with Gasteiger partial charge < -0.3 is 14.0 Å². The van der Waals surface area contributed by atoms with Crippen LogP contribution in [0.25, 0.3) is 0 Å². The minimum absolute atomic E-state index is 0.192. The monoisotopic (exact) mass is 185 g/mol. The summed E-state index contributed by atoms with van der Waals surface area (Å²) in [6.07, 6.45) is 0.385. The van der Waals surface area contributed by atoms with E-state index in [1.54, 1.807) is 0 Å². The highest BCUT2D eigenvalue weighted by molar-refractivity contribution is 6.36. The van der Waals surface area contributed by atoms with Crippen molar-refractivity contribution in [2.75, 3.05) is 26.2 Å². The van der Waals surface area contributed by atoms with Crippen LogP contribution in [0.1, 0.15) is 13.8 Å². The Balaban J connectivity index is 2.06. The van der Waals surface area contributed by atoms with E-state index < -0.39 is 7.32 Å². The van der Waals surface area contributed by atoms with Crippen molar-refractivity contribution in [3.63, 3.8) is 0 Å². The van der Waals surface area contributed by atoms with Crippen LogP contribution in [0.5, 0.6) is 0 Å². The molecule has 2 unspecified atom stereocenters. The van der Waals surface area contributed by atoms with E-state index in [4.69, 9.17) is 14.0 Å². The van der Waals surface area contributed by atoms with Crippen LogP contribution in [0.15, 0.2) is 0 Å². The second-order valence-corrected chi connectivity index (χ2v) is 3.81. The smallest absolute Gasteiger partial charge is 0.385 e. The molecule has 3 heterocycles. The Labute approximate surface area is 79.3 Å². The largest absolute Gasteiger partial charge is 0.639 e. The first-order valence-electron chi connectivity index (χ1n) is 4.89. The van der Waals surface area contributed by atoms with Crippen LogP contribution in [0.2, 0.25) is 0 Å². The number of nitrogens with zero attached hydrogens (tertiary/aromatic N) is 1. The maximum Gasteiger partial charge on any atom is 0.639 e. The van der Waals surface area contributed by atoms with Gasteiger partial charge in [-0.25, -0.2) is 0 Å². The maximum atomic E-state index is 5.55. The minimum Gasteiger partial charge on any atom is -0.385 e. The lowest BCUT2D eigenvalue weighted by atomic mass is 10.1. The molecule has 2 bridgehead atoms. The van der Waals surface area contributed by atoms with Crippen molar-refractivity contribution in [1.82, 2.24) is 4.90 Å². The zero-order valence-corrected chi connectivity index (χ0v) is 8.23. The third-order valence-electron chi connectivity index (χ3n) is 2.38. The molecule has 3 aliphatic rings. The molecule has 0 N–H and O–H groups in total. The van der Waals surface area contributed by atoms with Crippen LogP contribution in [0.3, 0.4) is 0 Å². The Hall–Kier alpha value is -0.0951. The third kappa shape index (κ3) is 2.43. The Morgan fingerprint density at radius 1 is 1.15 bits per heavy atom. The van der Waals surface area contributed by atoms with E-state index in [2.05, 4.69) is 4.90 Å². The van der Waals surface area contributed by atoms with Crippen molar-refractivity contribution in [3.8, 4) is 0 Å². The van der Waals surface area contributed by atoms with E-state index in [1.165, 1.54) is 0 Å². The van der Waals surface area contributed by atoms with Gasteiger partial charge in [0.05, 0.1) is 12.2 Å². The average molecular weight is 185 g/mol. The van der Waals surface area contributed by atoms with E-state index >= 15 is 0 Å². The summed E-state index contributed by atoms with van der Waals surface area (Å²) < 4.78 is 16.5. The Morgan fingerprint density at radius 2 is 1.77 bits per heavy atom. The summed E-state index contributed by atoms with van der Waals surface area (Å²) in [4.78, 5) is 2.32. The molecule has 4 nitrogen and oxygen atoms in total. The van der Waals surface area contributed by atoms with Crippen LogP contribution >= 0.6 is 0 Å². The molecule has 0 aromatic rings. The Morgan fingerprint density at radius 3 is 2.38 bits per heavy atom. The Kier molecular flexibility index (Phi) is 2.88. The zero-order chi connectivity index (χ0) is 9.26. The molecule has 13 heavy (non-hydrogen) atoms. The van der Waals surface area contributed by atoms with Crippen LogP contribution in [-0.2, 0) is 14.0 Å². The second-order valence-electron chi connectivity index (χ2n) is 3.81. The fraction of sp³-hybridized carbons (Fsp3) is 1.00. The first-order chi connectivity index (χ1) is 6.24. The standard InChI is InChI=1S/C8H16BNO3/c1-7-5-10-3-4-11-9(12-7)13-8(2)6-10/h7-8H,3-6H2,1-2H3. The van der Waals surface area contributed by atoms with E-state index in [9.17, 15) is 0 Å². The highest BCUT2D eigenvalue weighted by Gasteiger charge is 2.33. The van der Waals surface area contributed by atoms with Gasteiger partial charge in [0.2, 0.25) is 0 Å². The zero-order valence-electron chi connectivity index (χ0n) is 8.23. The van der Waals surface area contributed by atoms with E-state index in [0.717, 1.165) is 19.6 Å². The SMILES string of the molecule is CC1CN2CCOB(O1)OC(C)C2. The molecule has 0 aromatic heterocycles. The van der Waals surface area contributed by atoms with Crippen molar-refractivity contribution < 1.29 is 14.0 Å². The first-order valence-corrected chi connectivity index (χ1v) is 4.89. The summed E-state index contributed by atoms with van der Waals surface area (Å²) in [6, 6.07) is 0. The minimum atomic E-state index is -0.451. The molecule has 0 spiro atoms. The predicted octanol–water partition coefficient (Wildman–Crippen LogP) is 0.127. The summed E-state index contributed by atoms with van der Waals surface area (Å²) in [5.41, 5.74) is 0. The number of fused-ring (bicyclic) bond motifs is 6. The lowest BCUT2D eigenvalue weighted by molar-refractivity contribution is -0.0373. The Bertz CT molecular complexity index is 151. The van der Waals surface area contributed by atoms with Gasteiger partial charge in [-0.05, 0) is 13.8 Å². The molecule has 3 fully saturated rings. The van der Waals surface area contributed by atoms with Gasteiger partial charge in [0.15, 0.2) is 0 Å². The summed E-state index contributed by atoms with van der Waals surface area (Å²) in [7, 11) is -0.451. The number of hydrogen-bond acceptors (Lipinski definition) is 4. The number of rotatable bonds is 0. The first kappa shape index (κ1) is 9.46. The second kappa shape index (κ2) is 3.96. The van der Waals surface area contributed by atoms with Gasteiger partial charge in [0.1, 0.15) is 0 Å². The molecule has 5 heteroatoms. The summed E-state index contributed by atoms with van der Waals surface area (Å²) in [6.45, 7) is 7.74. The highest BCUT2D eigenvalue weighted by Crippen LogP contribution is 2.13. The van der Waals surface area contributed by atoms with Crippen LogP contribution in [0.4, 0.5) is 0 Å². The molecule has 3 saturated heterocycles. The van der Waals surface area contributed by atoms with Crippen molar-refractivity contribution in [1.29, 1.82) is 0 Å². The number of hydrogen-bond donors (Lipinski definition) is 0. The van der Waals surface area contributed by atoms with Crippen molar-refractivity contribution >= 4 is 7.32 Å². The molecule has 0 amide bonds. The van der Waals surface area contributed by atoms with Crippen LogP contribution < -0.4 is 0 Å². The fourth-order valence-electron chi connectivity index (χ4n) is 1.84. The van der Waals surface area contributed by atoms with Gasteiger partial charge in [0.25, 0.3) is 0 Å². The molecule has 3 rings (SSSR count). The average Bonchev–Trinajstić information content (AvgIpc) is 1.95. The molecule has 0 saturated carbocycles. The van der Waals surface area contributed by atoms with Crippen molar-refractivity contribution in [3.05, 3.63) is 0 Å². The van der Waals surface area contributed by atoms with E-state index in [1.807, 2.05) is 13.8 Å². The lowest BCUT2D eigenvalue weighted by Gasteiger charge is -2.36. The van der Waals surface area contributed by atoms with Crippen molar-refractivity contribution in [2.24, 2.45) is 0 Å². The van der Waals surface area contributed by atoms with E-state index in [0.29, 0.717) is 6.61 Å². The molecular weight excluding hydrogens is 169 g/mol. The van der Waals surface area contributed by atoms with Gasteiger partial charge in [-0.2, -0.15) is 0 Å². The van der Waals surface area contributed by atoms with Crippen LogP contribution in [-0.4, -0.2) is 50.7 Å². The quantitative estimate of drug-likeness (QED) is 0.502. The van der Waals surface area contributed by atoms with Gasteiger partial charge in [0, 0.05) is 26.2 Å². The van der Waals surface area contributed by atoms with Gasteiger partial charge in [-0.15, -0.1) is 0 Å². The van der Waals surface area contributed by atoms with Crippen molar-refractivity contribution in [2.45, 2.75) is 26.1 Å². The molecule has 0 aromatic carbocycles. The maximum absolute atomic E-state index is 5.55.